The highest BCUT2D eigenvalue weighted by Crippen LogP contribution is 2.21. The summed E-state index contributed by atoms with van der Waals surface area (Å²) in [6.07, 6.45) is -0.448. The number of benzene rings is 1. The number of ether oxygens (including phenoxy) is 1. The molecule has 1 atom stereocenters. The molecular weight excluding hydrogens is 254 g/mol. The second-order valence-electron chi connectivity index (χ2n) is 5.43. The maximum absolute atomic E-state index is 11.6. The van der Waals surface area contributed by atoms with Crippen LogP contribution in [0, 0.1) is 19.8 Å². The zero-order valence-electron chi connectivity index (χ0n) is 12.8. The minimum absolute atomic E-state index is 0.0895. The van der Waals surface area contributed by atoms with Crippen LogP contribution in [0.15, 0.2) is 18.2 Å². The first-order chi connectivity index (χ1) is 9.41. The van der Waals surface area contributed by atoms with E-state index in [4.69, 9.17) is 4.74 Å². The van der Waals surface area contributed by atoms with E-state index in [1.165, 1.54) is 0 Å². The van der Waals surface area contributed by atoms with E-state index in [1.54, 1.807) is 0 Å². The number of amides is 1. The van der Waals surface area contributed by atoms with Crippen molar-refractivity contribution in [2.75, 3.05) is 13.2 Å². The van der Waals surface area contributed by atoms with E-state index in [0.29, 0.717) is 13.2 Å². The van der Waals surface area contributed by atoms with Crippen molar-refractivity contribution in [3.63, 3.8) is 0 Å². The third-order valence-electron chi connectivity index (χ3n) is 3.24. The van der Waals surface area contributed by atoms with Gasteiger partial charge < -0.3 is 15.2 Å². The molecule has 0 aliphatic carbocycles. The van der Waals surface area contributed by atoms with Gasteiger partial charge in [-0.25, -0.2) is 0 Å². The fourth-order valence-corrected chi connectivity index (χ4v) is 1.87. The summed E-state index contributed by atoms with van der Waals surface area (Å²) in [5.74, 6) is 0.826. The molecule has 0 saturated carbocycles. The molecule has 0 bridgehead atoms. The van der Waals surface area contributed by atoms with Crippen LogP contribution < -0.4 is 10.1 Å². The molecule has 0 saturated heterocycles. The Bertz CT molecular complexity index is 423. The summed E-state index contributed by atoms with van der Waals surface area (Å²) in [4.78, 5) is 11.6. The van der Waals surface area contributed by atoms with Gasteiger partial charge in [-0.05, 0) is 30.9 Å². The van der Waals surface area contributed by atoms with Crippen molar-refractivity contribution in [2.45, 2.75) is 40.2 Å². The molecule has 4 nitrogen and oxygen atoms in total. The number of aliphatic hydroxyl groups is 1. The average molecular weight is 279 g/mol. The monoisotopic (exact) mass is 279 g/mol. The molecule has 1 unspecified atom stereocenters. The minimum atomic E-state index is -0.588. The number of hydrogen-bond acceptors (Lipinski definition) is 3. The maximum Gasteiger partial charge on any atom is 0.222 e. The summed E-state index contributed by atoms with van der Waals surface area (Å²) < 4.78 is 5.69. The van der Waals surface area contributed by atoms with E-state index in [-0.39, 0.29) is 18.2 Å². The lowest BCUT2D eigenvalue weighted by molar-refractivity contribution is -0.123. The van der Waals surface area contributed by atoms with Crippen molar-refractivity contribution in [1.29, 1.82) is 0 Å². The van der Waals surface area contributed by atoms with Crippen molar-refractivity contribution >= 4 is 5.91 Å². The van der Waals surface area contributed by atoms with Gasteiger partial charge in [0, 0.05) is 0 Å². The number of aryl methyl sites for hydroxylation is 2. The molecule has 0 heterocycles. The number of hydrogen-bond donors (Lipinski definition) is 2. The summed E-state index contributed by atoms with van der Waals surface area (Å²) in [5.41, 5.74) is 2.18. The SMILES string of the molecule is Cc1cccc(C)c1OCCNC(=O)CC(O)C(C)C. The predicted octanol–water partition coefficient (Wildman–Crippen LogP) is 2.21. The second-order valence-corrected chi connectivity index (χ2v) is 5.43. The quantitative estimate of drug-likeness (QED) is 0.752. The van der Waals surface area contributed by atoms with Crippen LogP contribution in [0.25, 0.3) is 0 Å². The van der Waals surface area contributed by atoms with Crippen LogP contribution in [0.3, 0.4) is 0 Å². The highest BCUT2D eigenvalue weighted by molar-refractivity contribution is 5.76. The van der Waals surface area contributed by atoms with Gasteiger partial charge >= 0.3 is 0 Å². The first kappa shape index (κ1) is 16.5. The molecule has 0 aliphatic heterocycles. The van der Waals surface area contributed by atoms with Crippen LogP contribution in [0.2, 0.25) is 0 Å². The van der Waals surface area contributed by atoms with Crippen molar-refractivity contribution in [1.82, 2.24) is 5.32 Å². The third-order valence-corrected chi connectivity index (χ3v) is 3.24. The van der Waals surface area contributed by atoms with Gasteiger partial charge in [-0.1, -0.05) is 32.0 Å². The lowest BCUT2D eigenvalue weighted by Crippen LogP contribution is -2.32. The normalized spacial score (nSPS) is 12.3. The van der Waals surface area contributed by atoms with Gasteiger partial charge in [0.2, 0.25) is 5.91 Å². The van der Waals surface area contributed by atoms with Gasteiger partial charge in [0.15, 0.2) is 0 Å². The molecule has 20 heavy (non-hydrogen) atoms. The molecule has 1 aromatic rings. The molecule has 1 amide bonds. The molecule has 2 N–H and O–H groups in total. The minimum Gasteiger partial charge on any atom is -0.491 e. The molecule has 112 valence electrons. The van der Waals surface area contributed by atoms with Gasteiger partial charge in [0.25, 0.3) is 0 Å². The Labute approximate surface area is 121 Å². The Morgan fingerprint density at radius 2 is 1.90 bits per heavy atom. The fourth-order valence-electron chi connectivity index (χ4n) is 1.87. The summed E-state index contributed by atoms with van der Waals surface area (Å²) in [6, 6.07) is 5.99. The number of carbonyl (C=O) groups excluding carboxylic acids is 1. The Kier molecular flexibility index (Phi) is 6.52. The molecule has 0 radical (unpaired) electrons. The van der Waals surface area contributed by atoms with E-state index in [1.807, 2.05) is 45.9 Å². The smallest absolute Gasteiger partial charge is 0.222 e. The van der Waals surface area contributed by atoms with Gasteiger partial charge in [-0.15, -0.1) is 0 Å². The molecule has 0 aromatic heterocycles. The van der Waals surface area contributed by atoms with E-state index in [2.05, 4.69) is 5.32 Å². The van der Waals surface area contributed by atoms with Crippen molar-refractivity contribution in [2.24, 2.45) is 5.92 Å². The first-order valence-electron chi connectivity index (χ1n) is 7.05. The molecular formula is C16H25NO3. The van der Waals surface area contributed by atoms with E-state index >= 15 is 0 Å². The molecule has 1 rings (SSSR count). The lowest BCUT2D eigenvalue weighted by atomic mass is 10.0. The van der Waals surface area contributed by atoms with E-state index in [0.717, 1.165) is 16.9 Å². The zero-order valence-corrected chi connectivity index (χ0v) is 12.8. The summed E-state index contributed by atoms with van der Waals surface area (Å²) in [7, 11) is 0. The van der Waals surface area contributed by atoms with Crippen LogP contribution in [-0.4, -0.2) is 30.3 Å². The molecule has 4 heteroatoms. The number of aliphatic hydroxyl groups excluding tert-OH is 1. The van der Waals surface area contributed by atoms with Crippen LogP contribution in [0.1, 0.15) is 31.4 Å². The highest BCUT2D eigenvalue weighted by atomic mass is 16.5. The average Bonchev–Trinajstić information content (AvgIpc) is 2.37. The molecule has 0 aliphatic rings. The van der Waals surface area contributed by atoms with E-state index < -0.39 is 6.10 Å². The Morgan fingerprint density at radius 1 is 1.30 bits per heavy atom. The number of para-hydroxylation sites is 1. The number of nitrogens with one attached hydrogen (secondary N) is 1. The van der Waals surface area contributed by atoms with Crippen molar-refractivity contribution in [3.05, 3.63) is 29.3 Å². The lowest BCUT2D eigenvalue weighted by Gasteiger charge is -2.15. The van der Waals surface area contributed by atoms with Gasteiger partial charge in [0.05, 0.1) is 19.1 Å². The van der Waals surface area contributed by atoms with Gasteiger partial charge in [0.1, 0.15) is 12.4 Å². The largest absolute Gasteiger partial charge is 0.491 e. The Balaban J connectivity index is 2.30. The topological polar surface area (TPSA) is 58.6 Å². The molecule has 0 spiro atoms. The molecule has 0 fully saturated rings. The summed E-state index contributed by atoms with van der Waals surface area (Å²) in [5, 5.41) is 12.4. The maximum atomic E-state index is 11.6. The zero-order chi connectivity index (χ0) is 15.1. The van der Waals surface area contributed by atoms with Crippen LogP contribution >= 0.6 is 0 Å². The summed E-state index contributed by atoms with van der Waals surface area (Å²) in [6.45, 7) is 8.65. The van der Waals surface area contributed by atoms with Gasteiger partial charge in [-0.2, -0.15) is 0 Å². The highest BCUT2D eigenvalue weighted by Gasteiger charge is 2.13. The van der Waals surface area contributed by atoms with Crippen molar-refractivity contribution < 1.29 is 14.6 Å². The standard InChI is InChI=1S/C16H25NO3/c1-11(2)14(18)10-15(19)17-8-9-20-16-12(3)6-5-7-13(16)4/h5-7,11,14,18H,8-10H2,1-4H3,(H,17,19). The fraction of sp³-hybridized carbons (Fsp3) is 0.562. The van der Waals surface area contributed by atoms with Crippen LogP contribution in [0.5, 0.6) is 5.75 Å². The number of rotatable bonds is 7. The predicted molar refractivity (Wildman–Crippen MR) is 79.9 cm³/mol. The Hall–Kier alpha value is -1.55. The van der Waals surface area contributed by atoms with Gasteiger partial charge in [-0.3, -0.25) is 4.79 Å². The second kappa shape index (κ2) is 7.90. The Morgan fingerprint density at radius 3 is 2.45 bits per heavy atom. The van der Waals surface area contributed by atoms with Crippen LogP contribution in [-0.2, 0) is 4.79 Å². The first-order valence-corrected chi connectivity index (χ1v) is 7.05. The van der Waals surface area contributed by atoms with E-state index in [9.17, 15) is 9.90 Å². The summed E-state index contributed by atoms with van der Waals surface area (Å²) >= 11 is 0. The molecule has 1 aromatic carbocycles. The number of carbonyl (C=O) groups is 1. The third kappa shape index (κ3) is 5.21. The van der Waals surface area contributed by atoms with Crippen molar-refractivity contribution in [3.8, 4) is 5.75 Å². The van der Waals surface area contributed by atoms with Crippen LogP contribution in [0.4, 0.5) is 0 Å².